The van der Waals surface area contributed by atoms with Gasteiger partial charge in [-0.15, -0.1) is 25.5 Å². The van der Waals surface area contributed by atoms with E-state index >= 15 is 0 Å². The van der Waals surface area contributed by atoms with Crippen molar-refractivity contribution in [3.63, 3.8) is 0 Å². The number of aryl methyl sites for hydroxylation is 1. The molecule has 12 aromatic heterocycles. The van der Waals surface area contributed by atoms with Gasteiger partial charge < -0.3 is 73.6 Å². The van der Waals surface area contributed by atoms with Gasteiger partial charge in [0.1, 0.15) is 0 Å². The maximum atomic E-state index is 6.09. The number of nitrogen functional groups attached to an aromatic ring is 6. The van der Waals surface area contributed by atoms with Crippen molar-refractivity contribution in [2.75, 3.05) is 93.8 Å². The van der Waals surface area contributed by atoms with Crippen molar-refractivity contribution in [2.45, 2.75) is 383 Å². The molecule has 0 aromatic carbocycles. The summed E-state index contributed by atoms with van der Waals surface area (Å²) in [5.74, 6) is 5.98. The summed E-state index contributed by atoms with van der Waals surface area (Å²) in [6.45, 7) is 35.1. The molecule has 780 valence electrons. The normalized spacial score (nSPS) is 17.9. The first-order chi connectivity index (χ1) is 68.9. The Bertz CT molecular complexity index is 5500. The number of ether oxygens (including phenoxy) is 5. The number of rotatable bonds is 39. The molecule has 0 spiro atoms. The topological polar surface area (TPSA) is 491 Å². The minimum atomic E-state index is 0.0701. The lowest BCUT2D eigenvalue weighted by Crippen LogP contribution is -2.38. The van der Waals surface area contributed by atoms with Gasteiger partial charge in [-0.05, 0) is 232 Å². The maximum absolute atomic E-state index is 6.09. The van der Waals surface area contributed by atoms with E-state index in [2.05, 4.69) is 154 Å². The molecular formula is C103H168N34O5. The molecule has 6 aliphatic rings. The lowest BCUT2D eigenvalue weighted by atomic mass is 9.73. The molecule has 0 bridgehead atoms. The second kappa shape index (κ2) is 54.6. The summed E-state index contributed by atoms with van der Waals surface area (Å²) in [6, 6.07) is 1.68. The Hall–Kier alpha value is -11.1. The molecule has 3 saturated heterocycles. The number of fused-ring (bicyclic) bond motifs is 6. The molecule has 5 unspecified atom stereocenters. The van der Waals surface area contributed by atoms with Crippen LogP contribution in [-0.4, -0.2) is 217 Å². The van der Waals surface area contributed by atoms with E-state index in [1.165, 1.54) is 160 Å². The van der Waals surface area contributed by atoms with Crippen LogP contribution in [0.15, 0.2) is 37.2 Å². The third kappa shape index (κ3) is 31.2. The van der Waals surface area contributed by atoms with Crippen LogP contribution in [0.25, 0.3) is 33.9 Å². The van der Waals surface area contributed by atoms with Gasteiger partial charge in [0, 0.05) is 26.1 Å². The SMILES string of the molecule is CCCC(C)Oc1nc(N)c2ncc(CC3(C)CCCCC3)n2n1.CCCC(C)Oc1nc(N)c2ncc(CC3CCCNC3)n2n1.CCCC(C)Oc1nc(N)c2ncc(CC3CCN(CCNC)CC3)n2n1.CCCC(C)Oc1nc(N)c2ncc(CN3CCCCC3)n2n1.CCCCCc1nc(N)c2ncc(CC3CCCCC3)n2n1.CCC[C@@H](C)Oc1nc(N)c2ncc(CC3CCCCC3)n2n1. The van der Waals surface area contributed by atoms with Crippen molar-refractivity contribution in [3.8, 4) is 30.1 Å². The number of aromatic nitrogens is 24. The lowest BCUT2D eigenvalue weighted by molar-refractivity contribution is 0.183. The first-order valence-corrected chi connectivity index (χ1v) is 54.0. The van der Waals surface area contributed by atoms with Gasteiger partial charge in [0.2, 0.25) is 0 Å². The molecule has 15 heterocycles. The van der Waals surface area contributed by atoms with E-state index in [1.54, 1.807) is 9.03 Å². The van der Waals surface area contributed by atoms with Crippen molar-refractivity contribution < 1.29 is 23.7 Å². The van der Waals surface area contributed by atoms with Crippen LogP contribution in [0.1, 0.15) is 348 Å². The quantitative estimate of drug-likeness (QED) is 0.0166. The molecule has 3 aliphatic heterocycles. The largest absolute Gasteiger partial charge is 0.459 e. The highest BCUT2D eigenvalue weighted by atomic mass is 16.5. The van der Waals surface area contributed by atoms with E-state index < -0.39 is 0 Å². The average molecular weight is 1960 g/mol. The highest BCUT2D eigenvalue weighted by Crippen LogP contribution is 2.40. The molecule has 6 atom stereocenters. The Kier molecular flexibility index (Phi) is 41.6. The Morgan fingerprint density at radius 1 is 0.359 bits per heavy atom. The summed E-state index contributed by atoms with van der Waals surface area (Å²) in [7, 11) is 2.01. The Morgan fingerprint density at radius 2 is 0.683 bits per heavy atom. The van der Waals surface area contributed by atoms with Crippen molar-refractivity contribution >= 4 is 68.8 Å². The number of hydrogen-bond acceptors (Lipinski definition) is 33. The van der Waals surface area contributed by atoms with E-state index in [0.717, 1.165) is 214 Å². The standard InChI is InChI=1S/C19H33N7O.C18H29N5O.C17H27N5O.C17H27N5.2C16H26N6O/c1-4-5-14(2)27-19-23-17(20)18-22-13-16(26(18)24-19)12-15-6-9-25(10-7-15)11-8-21-3;1-4-8-13(2)24-17-21-15(19)16-20-12-14(23(16)22-17)11-18(3)9-6-5-7-10-18;1-3-7-12(2)23-17-20-15(18)16-19-11-14(22(16)21-17)10-13-8-5-4-6-9-13;1-2-3-5-10-15-20-16(18)17-19-12-14(22(17)21-15)11-13-8-6-4-7-9-13;1-3-7-12(2)23-16-19-14(17)15-18-10-13(22(15)20-16)11-21-8-5-4-6-9-21;1-3-5-11(2)23-16-20-14(17)15-19-10-13(22(15)21-16)8-12-6-4-7-18-9-12/h13-15,21H,4-12H2,1-3H3,(H2,20,23,24);12-13H,4-11H2,1-3H3,(H2,19,21,22);11-13H,3-10H2,1-2H3,(H2,18,20,21);12-13H,2-11H2,1H3,(H2,18,20,21);10,12H,3-9,11H2,1-2H3,(H2,17,19,20);10-12,18H,3-9H2,1-2H3,(H2,17,20,21)/t;;12-;;;/m..1.../s1. The number of nitrogens with one attached hydrogen (secondary N) is 2. The predicted octanol–water partition coefficient (Wildman–Crippen LogP) is 16.6. The number of likely N-dealkylation sites (tertiary alicyclic amines) is 2. The summed E-state index contributed by atoms with van der Waals surface area (Å²) < 4.78 is 40.1. The minimum Gasteiger partial charge on any atom is -0.459 e. The van der Waals surface area contributed by atoms with Crippen LogP contribution in [0.4, 0.5) is 34.9 Å². The lowest BCUT2D eigenvalue weighted by Gasteiger charge is -2.33. The van der Waals surface area contributed by atoms with Crippen LogP contribution in [0.2, 0.25) is 0 Å². The summed E-state index contributed by atoms with van der Waals surface area (Å²) in [5.41, 5.74) is 47.0. The summed E-state index contributed by atoms with van der Waals surface area (Å²) >= 11 is 0. The summed E-state index contributed by atoms with van der Waals surface area (Å²) in [6.07, 6.45) is 59.8. The highest BCUT2D eigenvalue weighted by Gasteiger charge is 2.32. The summed E-state index contributed by atoms with van der Waals surface area (Å²) in [4.78, 5) is 57.1. The van der Waals surface area contributed by atoms with Crippen LogP contribution in [0.3, 0.4) is 0 Å². The number of imidazole rings is 6. The molecule has 39 heteroatoms. The third-order valence-corrected chi connectivity index (χ3v) is 28.4. The Labute approximate surface area is 839 Å². The van der Waals surface area contributed by atoms with Gasteiger partial charge in [0.15, 0.2) is 74.6 Å². The Morgan fingerprint density at radius 3 is 1.05 bits per heavy atom. The minimum absolute atomic E-state index is 0.0701. The Balaban J connectivity index is 0.000000143. The molecule has 6 fully saturated rings. The fourth-order valence-electron chi connectivity index (χ4n) is 20.6. The fraction of sp³-hybridized carbons (Fsp3) is 0.709. The van der Waals surface area contributed by atoms with Crippen molar-refractivity contribution in [2.24, 2.45) is 29.1 Å². The van der Waals surface area contributed by atoms with Gasteiger partial charge in [-0.2, -0.15) is 30.0 Å². The highest BCUT2D eigenvalue weighted by molar-refractivity contribution is 5.63. The van der Waals surface area contributed by atoms with Crippen LogP contribution < -0.4 is 68.7 Å². The first-order valence-electron chi connectivity index (χ1n) is 54.0. The van der Waals surface area contributed by atoms with Crippen LogP contribution in [0, 0.1) is 29.1 Å². The average Bonchev–Trinajstić information content (AvgIpc) is 1.65. The molecule has 14 N–H and O–H groups in total. The molecule has 3 saturated carbocycles. The second-order valence-corrected chi connectivity index (χ2v) is 41.1. The van der Waals surface area contributed by atoms with E-state index in [1.807, 2.05) is 96.9 Å². The van der Waals surface area contributed by atoms with Crippen molar-refractivity contribution in [1.82, 2.24) is 138 Å². The monoisotopic (exact) mass is 1960 g/mol. The fourth-order valence-corrected chi connectivity index (χ4v) is 20.6. The number of likely N-dealkylation sites (N-methyl/N-ethyl adjacent to an activating group) is 1. The zero-order valence-corrected chi connectivity index (χ0v) is 87.6. The summed E-state index contributed by atoms with van der Waals surface area (Å²) in [5, 5.41) is 34.0. The van der Waals surface area contributed by atoms with E-state index in [-0.39, 0.29) is 30.5 Å². The van der Waals surface area contributed by atoms with Crippen LogP contribution in [0.5, 0.6) is 30.1 Å². The molecule has 12 aromatic rings. The van der Waals surface area contributed by atoms with E-state index in [4.69, 9.17) is 63.2 Å². The molecule has 142 heavy (non-hydrogen) atoms. The predicted molar refractivity (Wildman–Crippen MR) is 560 cm³/mol. The van der Waals surface area contributed by atoms with Gasteiger partial charge in [-0.25, -0.2) is 62.0 Å². The van der Waals surface area contributed by atoms with Gasteiger partial charge in [0.25, 0.3) is 0 Å². The first kappa shape index (κ1) is 108. The van der Waals surface area contributed by atoms with Crippen LogP contribution >= 0.6 is 0 Å². The molecular weight excluding hydrogens is 1790 g/mol. The second-order valence-electron chi connectivity index (χ2n) is 41.1. The smallest absolute Gasteiger partial charge is 0.336 e. The zero-order chi connectivity index (χ0) is 100. The number of nitrogens with zero attached hydrogens (tertiary/aromatic N) is 26. The van der Waals surface area contributed by atoms with E-state index in [9.17, 15) is 0 Å². The van der Waals surface area contributed by atoms with Crippen molar-refractivity contribution in [3.05, 3.63) is 77.2 Å². The van der Waals surface area contributed by atoms with Crippen molar-refractivity contribution in [1.29, 1.82) is 0 Å². The van der Waals surface area contributed by atoms with Gasteiger partial charge in [-0.3, -0.25) is 4.90 Å². The number of unbranched alkanes of at least 4 members (excludes halogenated alkanes) is 2. The number of anilines is 6. The number of hydrogen-bond donors (Lipinski definition) is 8. The zero-order valence-electron chi connectivity index (χ0n) is 87.6. The van der Waals surface area contributed by atoms with E-state index in [0.29, 0.717) is 116 Å². The van der Waals surface area contributed by atoms with Gasteiger partial charge in [-0.1, -0.05) is 183 Å². The molecule has 18 rings (SSSR count). The molecule has 3 aliphatic carbocycles. The third-order valence-electron chi connectivity index (χ3n) is 28.4. The molecule has 0 radical (unpaired) electrons. The van der Waals surface area contributed by atoms with Gasteiger partial charge in [0.05, 0.1) is 102 Å². The maximum Gasteiger partial charge on any atom is 0.336 e. The van der Waals surface area contributed by atoms with Gasteiger partial charge >= 0.3 is 30.1 Å². The van der Waals surface area contributed by atoms with Crippen LogP contribution in [-0.2, 0) is 45.1 Å². The number of nitrogens with two attached hydrogens (primary N) is 6. The molecule has 39 nitrogen and oxygen atoms in total. The molecule has 0 amide bonds. The number of piperidine rings is 3.